The maximum atomic E-state index is 12.2. The Morgan fingerprint density at radius 3 is 2.83 bits per heavy atom. The Labute approximate surface area is 108 Å². The van der Waals surface area contributed by atoms with E-state index in [-0.39, 0.29) is 11.3 Å². The lowest BCUT2D eigenvalue weighted by Gasteiger charge is -2.25. The maximum absolute atomic E-state index is 12.2. The van der Waals surface area contributed by atoms with Gasteiger partial charge in [0.2, 0.25) is 5.91 Å². The summed E-state index contributed by atoms with van der Waals surface area (Å²) in [5.74, 6) is 1.10. The number of rotatable bonds is 5. The molecule has 1 fully saturated rings. The van der Waals surface area contributed by atoms with Crippen LogP contribution in [0, 0.1) is 12.3 Å². The van der Waals surface area contributed by atoms with E-state index in [0.717, 1.165) is 38.1 Å². The van der Waals surface area contributed by atoms with Crippen LogP contribution in [-0.4, -0.2) is 28.5 Å². The van der Waals surface area contributed by atoms with Crippen LogP contribution in [0.5, 0.6) is 0 Å². The van der Waals surface area contributed by atoms with Gasteiger partial charge in [-0.2, -0.15) is 0 Å². The number of amides is 1. The molecular formula is C13H22N4O. The zero-order chi connectivity index (χ0) is 13.0. The average molecular weight is 250 g/mol. The Morgan fingerprint density at radius 2 is 2.28 bits per heavy atom. The highest BCUT2D eigenvalue weighted by Gasteiger charge is 2.39. The molecule has 0 saturated heterocycles. The van der Waals surface area contributed by atoms with Crippen LogP contribution >= 0.6 is 0 Å². The van der Waals surface area contributed by atoms with Gasteiger partial charge in [0.05, 0.1) is 5.41 Å². The Kier molecular flexibility index (Phi) is 4.01. The molecule has 1 heterocycles. The van der Waals surface area contributed by atoms with Crippen molar-refractivity contribution in [2.45, 2.75) is 39.2 Å². The van der Waals surface area contributed by atoms with Gasteiger partial charge in [0.25, 0.3) is 0 Å². The predicted octanol–water partition coefficient (Wildman–Crippen LogP) is 0.827. The van der Waals surface area contributed by atoms with Gasteiger partial charge in [-0.25, -0.2) is 4.98 Å². The van der Waals surface area contributed by atoms with Gasteiger partial charge in [-0.3, -0.25) is 4.79 Å². The number of hydrogen-bond acceptors (Lipinski definition) is 3. The SMILES string of the molecule is Cc1nccn1CCNC(=O)C1(CN)CCCC1. The van der Waals surface area contributed by atoms with Crippen LogP contribution in [0.4, 0.5) is 0 Å². The van der Waals surface area contributed by atoms with E-state index in [9.17, 15) is 4.79 Å². The minimum absolute atomic E-state index is 0.125. The lowest BCUT2D eigenvalue weighted by molar-refractivity contribution is -0.130. The van der Waals surface area contributed by atoms with Crippen LogP contribution in [0.3, 0.4) is 0 Å². The molecule has 0 bridgehead atoms. The van der Waals surface area contributed by atoms with Crippen molar-refractivity contribution >= 4 is 5.91 Å². The lowest BCUT2D eigenvalue weighted by atomic mass is 9.85. The van der Waals surface area contributed by atoms with Crippen molar-refractivity contribution in [3.8, 4) is 0 Å². The van der Waals surface area contributed by atoms with Gasteiger partial charge in [0.15, 0.2) is 0 Å². The number of aryl methyl sites for hydroxylation is 1. The molecule has 5 nitrogen and oxygen atoms in total. The van der Waals surface area contributed by atoms with Gasteiger partial charge in [-0.05, 0) is 19.8 Å². The summed E-state index contributed by atoms with van der Waals surface area (Å²) in [4.78, 5) is 16.3. The zero-order valence-electron chi connectivity index (χ0n) is 11.0. The quantitative estimate of drug-likeness (QED) is 0.813. The Bertz CT molecular complexity index is 407. The molecule has 3 N–H and O–H groups in total. The number of aromatic nitrogens is 2. The summed E-state index contributed by atoms with van der Waals surface area (Å²) in [5.41, 5.74) is 5.48. The standard InChI is InChI=1S/C13H22N4O/c1-11-15-6-8-17(11)9-7-16-12(18)13(10-14)4-2-3-5-13/h6,8H,2-5,7,9-10,14H2,1H3,(H,16,18). The zero-order valence-corrected chi connectivity index (χ0v) is 11.0. The minimum Gasteiger partial charge on any atom is -0.354 e. The monoisotopic (exact) mass is 250 g/mol. The predicted molar refractivity (Wildman–Crippen MR) is 69.9 cm³/mol. The normalized spacial score (nSPS) is 17.9. The van der Waals surface area contributed by atoms with Gasteiger partial charge in [-0.15, -0.1) is 0 Å². The smallest absolute Gasteiger partial charge is 0.227 e. The highest BCUT2D eigenvalue weighted by Crippen LogP contribution is 2.37. The summed E-state index contributed by atoms with van der Waals surface area (Å²) in [5, 5.41) is 3.01. The molecule has 0 unspecified atom stereocenters. The first-order valence-electron chi connectivity index (χ1n) is 6.64. The molecule has 0 aromatic carbocycles. The third kappa shape index (κ3) is 2.56. The summed E-state index contributed by atoms with van der Waals surface area (Å²) in [6.45, 7) is 3.82. The van der Waals surface area contributed by atoms with Crippen LogP contribution in [0.25, 0.3) is 0 Å². The maximum Gasteiger partial charge on any atom is 0.227 e. The van der Waals surface area contributed by atoms with E-state index in [2.05, 4.69) is 10.3 Å². The van der Waals surface area contributed by atoms with Gasteiger partial charge in [0.1, 0.15) is 5.82 Å². The molecule has 0 aliphatic heterocycles. The van der Waals surface area contributed by atoms with Crippen molar-refractivity contribution in [3.05, 3.63) is 18.2 Å². The van der Waals surface area contributed by atoms with Crippen LogP contribution in [0.1, 0.15) is 31.5 Å². The van der Waals surface area contributed by atoms with Crippen molar-refractivity contribution in [2.24, 2.45) is 11.1 Å². The van der Waals surface area contributed by atoms with E-state index >= 15 is 0 Å². The first kappa shape index (κ1) is 13.1. The van der Waals surface area contributed by atoms with E-state index in [1.807, 2.05) is 17.7 Å². The van der Waals surface area contributed by atoms with Crippen LogP contribution in [0.15, 0.2) is 12.4 Å². The van der Waals surface area contributed by atoms with Crippen molar-refractivity contribution in [2.75, 3.05) is 13.1 Å². The van der Waals surface area contributed by atoms with Crippen LogP contribution in [0.2, 0.25) is 0 Å². The van der Waals surface area contributed by atoms with E-state index < -0.39 is 0 Å². The molecule has 0 radical (unpaired) electrons. The molecule has 0 atom stereocenters. The number of imidazole rings is 1. The molecule has 18 heavy (non-hydrogen) atoms. The summed E-state index contributed by atoms with van der Waals surface area (Å²) in [6, 6.07) is 0. The summed E-state index contributed by atoms with van der Waals surface area (Å²) < 4.78 is 2.03. The third-order valence-electron chi connectivity index (χ3n) is 3.99. The molecular weight excluding hydrogens is 228 g/mol. The Morgan fingerprint density at radius 1 is 1.56 bits per heavy atom. The first-order chi connectivity index (χ1) is 8.68. The molecule has 1 aliphatic rings. The number of carbonyl (C=O) groups is 1. The largest absolute Gasteiger partial charge is 0.354 e. The Balaban J connectivity index is 1.83. The molecule has 1 saturated carbocycles. The Hall–Kier alpha value is -1.36. The fourth-order valence-electron chi connectivity index (χ4n) is 2.69. The van der Waals surface area contributed by atoms with Crippen molar-refractivity contribution in [1.29, 1.82) is 0 Å². The molecule has 0 spiro atoms. The summed E-state index contributed by atoms with van der Waals surface area (Å²) >= 11 is 0. The summed E-state index contributed by atoms with van der Waals surface area (Å²) in [7, 11) is 0. The fraction of sp³-hybridized carbons (Fsp3) is 0.692. The highest BCUT2D eigenvalue weighted by molar-refractivity contribution is 5.83. The molecule has 5 heteroatoms. The number of nitrogens with zero attached hydrogens (tertiary/aromatic N) is 2. The van der Waals surface area contributed by atoms with Gasteiger partial charge >= 0.3 is 0 Å². The molecule has 1 aromatic heterocycles. The first-order valence-corrected chi connectivity index (χ1v) is 6.64. The second-order valence-corrected chi connectivity index (χ2v) is 5.12. The molecule has 1 amide bonds. The van der Waals surface area contributed by atoms with Crippen molar-refractivity contribution in [3.63, 3.8) is 0 Å². The second-order valence-electron chi connectivity index (χ2n) is 5.12. The number of hydrogen-bond donors (Lipinski definition) is 2. The van der Waals surface area contributed by atoms with Gasteiger partial charge in [-0.1, -0.05) is 12.8 Å². The molecule has 1 aromatic rings. The van der Waals surface area contributed by atoms with E-state index in [1.54, 1.807) is 6.20 Å². The fourth-order valence-corrected chi connectivity index (χ4v) is 2.69. The molecule has 1 aliphatic carbocycles. The van der Waals surface area contributed by atoms with Crippen LogP contribution < -0.4 is 11.1 Å². The van der Waals surface area contributed by atoms with Crippen molar-refractivity contribution in [1.82, 2.24) is 14.9 Å². The second kappa shape index (κ2) is 5.52. The van der Waals surface area contributed by atoms with Gasteiger partial charge in [0, 0.05) is 32.0 Å². The van der Waals surface area contributed by atoms with E-state index in [4.69, 9.17) is 5.73 Å². The number of nitrogens with one attached hydrogen (secondary N) is 1. The minimum atomic E-state index is -0.302. The summed E-state index contributed by atoms with van der Waals surface area (Å²) in [6.07, 6.45) is 7.79. The lowest BCUT2D eigenvalue weighted by Crippen LogP contribution is -2.45. The topological polar surface area (TPSA) is 72.9 Å². The third-order valence-corrected chi connectivity index (χ3v) is 3.99. The van der Waals surface area contributed by atoms with E-state index in [0.29, 0.717) is 13.1 Å². The van der Waals surface area contributed by atoms with Crippen molar-refractivity contribution < 1.29 is 4.79 Å². The highest BCUT2D eigenvalue weighted by atomic mass is 16.2. The van der Waals surface area contributed by atoms with E-state index in [1.165, 1.54) is 0 Å². The van der Waals surface area contributed by atoms with Gasteiger partial charge < -0.3 is 15.6 Å². The average Bonchev–Trinajstić information content (AvgIpc) is 2.99. The molecule has 100 valence electrons. The molecule has 2 rings (SSSR count). The number of carbonyl (C=O) groups excluding carboxylic acids is 1. The number of nitrogens with two attached hydrogens (primary N) is 1. The van der Waals surface area contributed by atoms with Crippen LogP contribution in [-0.2, 0) is 11.3 Å².